The molecule has 0 saturated carbocycles. The number of anilines is 2. The van der Waals surface area contributed by atoms with E-state index in [9.17, 15) is 18.0 Å². The molecule has 0 unspecified atom stereocenters. The van der Waals surface area contributed by atoms with Gasteiger partial charge in [-0.25, -0.2) is 22.9 Å². The first-order valence-electron chi connectivity index (χ1n) is 8.33. The number of benzene rings is 2. The lowest BCUT2D eigenvalue weighted by Gasteiger charge is -2.34. The van der Waals surface area contributed by atoms with Gasteiger partial charge in [-0.15, -0.1) is 0 Å². The number of urea groups is 1. The Balaban J connectivity index is 1.42. The van der Waals surface area contributed by atoms with Crippen LogP contribution in [0.2, 0.25) is 0 Å². The molecule has 2 aromatic carbocycles. The first-order valence-corrected chi connectivity index (χ1v) is 9.14. The molecular weight excluding hydrogens is 377 g/mol. The minimum absolute atomic E-state index is 0.340. The Labute approximate surface area is 157 Å². The van der Waals surface area contributed by atoms with Crippen LogP contribution in [0.1, 0.15) is 0 Å². The fraction of sp³-hybridized carbons (Fsp3) is 0.222. The Hall–Kier alpha value is -2.81. The molecule has 1 saturated heterocycles. The van der Waals surface area contributed by atoms with Gasteiger partial charge < -0.3 is 15.1 Å². The van der Waals surface area contributed by atoms with Crippen molar-refractivity contribution in [3.63, 3.8) is 0 Å². The average molecular weight is 392 g/mol. The lowest BCUT2D eigenvalue weighted by Crippen LogP contribution is -2.50. The first-order chi connectivity index (χ1) is 13.0. The van der Waals surface area contributed by atoms with Gasteiger partial charge in [-0.05, 0) is 24.3 Å². The predicted molar refractivity (Wildman–Crippen MR) is 98.7 cm³/mol. The number of nitrogens with one attached hydrogen (secondary N) is 1. The molecule has 0 radical (unpaired) electrons. The summed E-state index contributed by atoms with van der Waals surface area (Å²) in [5, 5.41) is 2.98. The summed E-state index contributed by atoms with van der Waals surface area (Å²) in [5.74, 6) is -2.00. The van der Waals surface area contributed by atoms with Crippen LogP contribution in [-0.4, -0.2) is 42.1 Å². The number of piperazine rings is 1. The smallest absolute Gasteiger partial charge is 0.322 e. The second-order valence-electron chi connectivity index (χ2n) is 6.08. The quantitative estimate of drug-likeness (QED) is 0.715. The number of aromatic nitrogens is 1. The Bertz CT molecular complexity index is 981. The van der Waals surface area contributed by atoms with Crippen LogP contribution in [0.3, 0.4) is 0 Å². The molecule has 2 heterocycles. The number of thiazole rings is 1. The Morgan fingerprint density at radius 3 is 2.26 bits per heavy atom. The number of hydrogen-bond acceptors (Lipinski definition) is 4. The third-order valence-corrected chi connectivity index (χ3v) is 5.47. The fourth-order valence-corrected chi connectivity index (χ4v) is 3.97. The normalized spacial score (nSPS) is 14.6. The highest BCUT2D eigenvalue weighted by Crippen LogP contribution is 2.30. The van der Waals surface area contributed by atoms with Crippen molar-refractivity contribution in [2.24, 2.45) is 0 Å². The summed E-state index contributed by atoms with van der Waals surface area (Å²) in [6.07, 6.45) is 0. The second-order valence-corrected chi connectivity index (χ2v) is 7.09. The SMILES string of the molecule is O=C(Nc1c(F)cccc1F)N1CCN(c2nc3c(F)cccc3s2)CC1. The maximum absolute atomic E-state index is 13.8. The minimum atomic E-state index is -0.821. The Morgan fingerprint density at radius 1 is 0.963 bits per heavy atom. The van der Waals surface area contributed by atoms with Crippen molar-refractivity contribution >= 4 is 38.4 Å². The Morgan fingerprint density at radius 2 is 1.59 bits per heavy atom. The number of para-hydroxylation sites is 2. The molecule has 27 heavy (non-hydrogen) atoms. The fourth-order valence-electron chi connectivity index (χ4n) is 2.94. The van der Waals surface area contributed by atoms with Crippen molar-refractivity contribution in [3.05, 3.63) is 53.8 Å². The van der Waals surface area contributed by atoms with Crippen LogP contribution in [0.4, 0.5) is 28.8 Å². The van der Waals surface area contributed by atoms with Gasteiger partial charge in [0.15, 0.2) is 5.13 Å². The lowest BCUT2D eigenvalue weighted by atomic mass is 10.3. The van der Waals surface area contributed by atoms with Crippen molar-refractivity contribution in [2.45, 2.75) is 0 Å². The summed E-state index contributed by atoms with van der Waals surface area (Å²) in [5.41, 5.74) is -0.112. The zero-order chi connectivity index (χ0) is 19.0. The van der Waals surface area contributed by atoms with Crippen LogP contribution in [-0.2, 0) is 0 Å². The molecule has 2 amide bonds. The minimum Gasteiger partial charge on any atom is -0.345 e. The van der Waals surface area contributed by atoms with E-state index in [1.807, 2.05) is 11.0 Å². The van der Waals surface area contributed by atoms with E-state index in [4.69, 9.17) is 0 Å². The largest absolute Gasteiger partial charge is 0.345 e. The zero-order valence-electron chi connectivity index (χ0n) is 14.1. The average Bonchev–Trinajstić information content (AvgIpc) is 3.11. The van der Waals surface area contributed by atoms with E-state index in [0.29, 0.717) is 36.8 Å². The van der Waals surface area contributed by atoms with Gasteiger partial charge in [0.2, 0.25) is 0 Å². The maximum atomic E-state index is 13.8. The molecule has 1 N–H and O–H groups in total. The van der Waals surface area contributed by atoms with Crippen LogP contribution in [0.15, 0.2) is 36.4 Å². The predicted octanol–water partition coefficient (Wildman–Crippen LogP) is 4.07. The second kappa shape index (κ2) is 7.07. The van der Waals surface area contributed by atoms with Gasteiger partial charge >= 0.3 is 6.03 Å². The van der Waals surface area contributed by atoms with Gasteiger partial charge in [0, 0.05) is 26.2 Å². The molecule has 0 bridgehead atoms. The van der Waals surface area contributed by atoms with Gasteiger partial charge in [0.25, 0.3) is 0 Å². The molecule has 0 spiro atoms. The van der Waals surface area contributed by atoms with Crippen LogP contribution in [0.25, 0.3) is 10.2 Å². The van der Waals surface area contributed by atoms with E-state index in [2.05, 4.69) is 10.3 Å². The molecular formula is C18H15F3N4OS. The highest BCUT2D eigenvalue weighted by atomic mass is 32.1. The number of carbonyl (C=O) groups excluding carboxylic acids is 1. The van der Waals surface area contributed by atoms with E-state index in [1.54, 1.807) is 6.07 Å². The van der Waals surface area contributed by atoms with Crippen molar-refractivity contribution in [2.75, 3.05) is 36.4 Å². The van der Waals surface area contributed by atoms with E-state index in [-0.39, 0.29) is 5.82 Å². The number of nitrogens with zero attached hydrogens (tertiary/aromatic N) is 3. The summed E-state index contributed by atoms with van der Waals surface area (Å²) in [7, 11) is 0. The molecule has 4 rings (SSSR count). The van der Waals surface area contributed by atoms with E-state index in [1.165, 1.54) is 28.4 Å². The monoisotopic (exact) mass is 392 g/mol. The van der Waals surface area contributed by atoms with E-state index >= 15 is 0 Å². The number of carbonyl (C=O) groups is 1. The van der Waals surface area contributed by atoms with Crippen molar-refractivity contribution in [1.29, 1.82) is 0 Å². The Kier molecular flexibility index (Phi) is 4.61. The number of halogens is 3. The van der Waals surface area contributed by atoms with Crippen LogP contribution >= 0.6 is 11.3 Å². The standard InChI is InChI=1S/C18H15F3N4OS/c19-11-3-1-4-12(20)15(11)22-17(26)24-7-9-25(10-8-24)18-23-16-13(21)5-2-6-14(16)27-18/h1-6H,7-10H2,(H,22,26). The third kappa shape index (κ3) is 3.42. The maximum Gasteiger partial charge on any atom is 0.322 e. The number of rotatable bonds is 2. The summed E-state index contributed by atoms with van der Waals surface area (Å²) in [4.78, 5) is 20.1. The summed E-state index contributed by atoms with van der Waals surface area (Å²) < 4.78 is 41.9. The summed E-state index contributed by atoms with van der Waals surface area (Å²) in [6.45, 7) is 1.71. The van der Waals surface area contributed by atoms with E-state index in [0.717, 1.165) is 16.8 Å². The van der Waals surface area contributed by atoms with E-state index < -0.39 is 23.4 Å². The van der Waals surface area contributed by atoms with Crippen LogP contribution < -0.4 is 10.2 Å². The first kappa shape index (κ1) is 17.6. The number of hydrogen-bond donors (Lipinski definition) is 1. The summed E-state index contributed by atoms with van der Waals surface area (Å²) in [6, 6.07) is 7.67. The van der Waals surface area contributed by atoms with Crippen LogP contribution in [0, 0.1) is 17.5 Å². The van der Waals surface area contributed by atoms with Crippen LogP contribution in [0.5, 0.6) is 0 Å². The molecule has 140 valence electrons. The molecule has 1 fully saturated rings. The molecule has 1 aliphatic heterocycles. The van der Waals surface area contributed by atoms with Gasteiger partial charge in [-0.1, -0.05) is 23.5 Å². The molecule has 1 aromatic heterocycles. The van der Waals surface area contributed by atoms with Gasteiger partial charge in [-0.3, -0.25) is 0 Å². The molecule has 3 aromatic rings. The van der Waals surface area contributed by atoms with Crippen molar-refractivity contribution in [1.82, 2.24) is 9.88 Å². The molecule has 1 aliphatic rings. The van der Waals surface area contributed by atoms with Crippen molar-refractivity contribution in [3.8, 4) is 0 Å². The van der Waals surface area contributed by atoms with Gasteiger partial charge in [-0.2, -0.15) is 0 Å². The lowest BCUT2D eigenvalue weighted by molar-refractivity contribution is 0.208. The van der Waals surface area contributed by atoms with Crippen molar-refractivity contribution < 1.29 is 18.0 Å². The molecule has 0 aliphatic carbocycles. The highest BCUT2D eigenvalue weighted by Gasteiger charge is 2.24. The molecule has 0 atom stereocenters. The molecule has 9 heteroatoms. The van der Waals surface area contributed by atoms with Gasteiger partial charge in [0.1, 0.15) is 28.7 Å². The molecule has 5 nitrogen and oxygen atoms in total. The zero-order valence-corrected chi connectivity index (χ0v) is 14.9. The van der Waals surface area contributed by atoms with Gasteiger partial charge in [0.05, 0.1) is 4.70 Å². The highest BCUT2D eigenvalue weighted by molar-refractivity contribution is 7.22. The summed E-state index contributed by atoms with van der Waals surface area (Å²) >= 11 is 1.39. The topological polar surface area (TPSA) is 48.5 Å². The number of amides is 2. The number of fused-ring (bicyclic) bond motifs is 1. The third-order valence-electron chi connectivity index (χ3n) is 4.39.